The maximum absolute atomic E-state index is 12.0. The van der Waals surface area contributed by atoms with Gasteiger partial charge in [0.15, 0.2) is 0 Å². The summed E-state index contributed by atoms with van der Waals surface area (Å²) >= 11 is 12.2. The molecule has 1 heterocycles. The zero-order valence-electron chi connectivity index (χ0n) is 12.5. The van der Waals surface area contributed by atoms with Crippen molar-refractivity contribution < 1.29 is 4.74 Å². The summed E-state index contributed by atoms with van der Waals surface area (Å²) in [6.07, 6.45) is 0. The summed E-state index contributed by atoms with van der Waals surface area (Å²) in [5.41, 5.74) is 0.721. The number of fused-ring (bicyclic) bond motifs is 1. The fraction of sp³-hybridized carbons (Fsp3) is 0.125. The van der Waals surface area contributed by atoms with Crippen LogP contribution in [0.2, 0.25) is 10.0 Å². The normalized spacial score (nSPS) is 10.8. The number of benzene rings is 2. The molecular weight excluding hydrogens is 353 g/mol. The number of ether oxygens (including phenoxy) is 1. The summed E-state index contributed by atoms with van der Waals surface area (Å²) in [4.78, 5) is 29.7. The second-order valence-corrected chi connectivity index (χ2v) is 5.83. The van der Waals surface area contributed by atoms with Crippen LogP contribution in [0.25, 0.3) is 10.9 Å². The quantitative estimate of drug-likeness (QED) is 0.690. The molecule has 0 aliphatic carbocycles. The molecule has 2 aromatic carbocycles. The van der Waals surface area contributed by atoms with E-state index in [4.69, 9.17) is 27.9 Å². The number of H-pyrrole nitrogens is 1. The molecule has 0 radical (unpaired) electrons. The Labute approximate surface area is 146 Å². The van der Waals surface area contributed by atoms with E-state index in [9.17, 15) is 9.70 Å². The number of aryl methyl sites for hydroxylation is 1. The largest absolute Gasteiger partial charge is 0.487 e. The van der Waals surface area contributed by atoms with Crippen LogP contribution in [-0.4, -0.2) is 9.97 Å². The second-order valence-electron chi connectivity index (χ2n) is 5.04. The maximum atomic E-state index is 12.0. The average molecular weight is 364 g/mol. The van der Waals surface area contributed by atoms with E-state index < -0.39 is 0 Å². The van der Waals surface area contributed by atoms with Crippen LogP contribution in [0.3, 0.4) is 0 Å². The number of rotatable bonds is 4. The smallest absolute Gasteiger partial charge is 0.258 e. The van der Waals surface area contributed by atoms with Gasteiger partial charge >= 0.3 is 0 Å². The predicted octanol–water partition coefficient (Wildman–Crippen LogP) is 4.52. The van der Waals surface area contributed by atoms with E-state index in [2.05, 4.69) is 15.1 Å². The van der Waals surface area contributed by atoms with E-state index >= 15 is 0 Å². The second kappa shape index (κ2) is 6.59. The molecule has 8 heteroatoms. The molecule has 1 N–H and O–H groups in total. The van der Waals surface area contributed by atoms with Crippen LogP contribution in [-0.2, 0) is 6.61 Å². The van der Waals surface area contributed by atoms with Gasteiger partial charge in [-0.25, -0.2) is 4.98 Å². The number of hydrogen-bond donors (Lipinski definition) is 1. The lowest BCUT2D eigenvalue weighted by Crippen LogP contribution is -2.10. The van der Waals surface area contributed by atoms with Crippen LogP contribution in [0.1, 0.15) is 11.4 Å². The van der Waals surface area contributed by atoms with Gasteiger partial charge in [0.1, 0.15) is 29.4 Å². The topological polar surface area (TPSA) is 84.4 Å². The Morgan fingerprint density at radius 3 is 2.79 bits per heavy atom. The van der Waals surface area contributed by atoms with E-state index in [0.717, 1.165) is 0 Å². The Hall–Kier alpha value is -2.44. The van der Waals surface area contributed by atoms with Crippen molar-refractivity contribution in [1.29, 1.82) is 0 Å². The van der Waals surface area contributed by atoms with E-state index in [1.807, 2.05) is 0 Å². The third kappa shape index (κ3) is 2.98. The fourth-order valence-electron chi connectivity index (χ4n) is 2.30. The molecule has 0 unspecified atom stereocenters. The van der Waals surface area contributed by atoms with Gasteiger partial charge in [-0.15, -0.1) is 4.91 Å². The molecule has 0 bridgehead atoms. The monoisotopic (exact) mass is 363 g/mol. The number of nitrogens with zero attached hydrogens (tertiary/aromatic N) is 2. The molecule has 6 nitrogen and oxygen atoms in total. The van der Waals surface area contributed by atoms with Crippen molar-refractivity contribution in [1.82, 2.24) is 9.97 Å². The molecule has 3 rings (SSSR count). The number of aromatic nitrogens is 2. The van der Waals surface area contributed by atoms with Crippen LogP contribution in [0.4, 0.5) is 5.69 Å². The van der Waals surface area contributed by atoms with Crippen LogP contribution in [0.15, 0.2) is 40.3 Å². The van der Waals surface area contributed by atoms with Crippen molar-refractivity contribution in [3.05, 3.63) is 67.0 Å². The van der Waals surface area contributed by atoms with Gasteiger partial charge in [0.2, 0.25) is 0 Å². The third-order valence-electron chi connectivity index (χ3n) is 3.45. The van der Waals surface area contributed by atoms with Crippen molar-refractivity contribution in [2.45, 2.75) is 13.5 Å². The van der Waals surface area contributed by atoms with Crippen LogP contribution in [0, 0.1) is 11.8 Å². The van der Waals surface area contributed by atoms with Crippen molar-refractivity contribution in [3.8, 4) is 5.75 Å². The van der Waals surface area contributed by atoms with Gasteiger partial charge in [-0.2, -0.15) is 0 Å². The van der Waals surface area contributed by atoms with E-state index in [0.29, 0.717) is 33.1 Å². The van der Waals surface area contributed by atoms with Crippen molar-refractivity contribution >= 4 is 39.8 Å². The molecule has 1 aromatic heterocycles. The first kappa shape index (κ1) is 16.4. The highest BCUT2D eigenvalue weighted by molar-refractivity contribution is 6.37. The average Bonchev–Trinajstić information content (AvgIpc) is 2.55. The Morgan fingerprint density at radius 1 is 1.25 bits per heavy atom. The lowest BCUT2D eigenvalue weighted by Gasteiger charge is -2.12. The number of para-hydroxylation sites is 1. The highest BCUT2D eigenvalue weighted by Crippen LogP contribution is 2.34. The van der Waals surface area contributed by atoms with Gasteiger partial charge in [-0.1, -0.05) is 29.3 Å². The molecule has 0 aliphatic heterocycles. The summed E-state index contributed by atoms with van der Waals surface area (Å²) < 4.78 is 5.75. The Morgan fingerprint density at radius 2 is 2.04 bits per heavy atom. The molecule has 24 heavy (non-hydrogen) atoms. The van der Waals surface area contributed by atoms with E-state index in [1.54, 1.807) is 25.1 Å². The number of nitroso groups, excluding NO2 is 1. The minimum atomic E-state index is -0.244. The Kier molecular flexibility index (Phi) is 4.51. The minimum absolute atomic E-state index is 0.00761. The minimum Gasteiger partial charge on any atom is -0.487 e. The van der Waals surface area contributed by atoms with E-state index in [-0.39, 0.29) is 22.9 Å². The van der Waals surface area contributed by atoms with Crippen molar-refractivity contribution in [2.24, 2.45) is 5.18 Å². The summed E-state index contributed by atoms with van der Waals surface area (Å²) in [5.74, 6) is 0.894. The summed E-state index contributed by atoms with van der Waals surface area (Å²) in [6, 6.07) is 8.00. The van der Waals surface area contributed by atoms with Gasteiger partial charge in [-0.3, -0.25) is 4.79 Å². The number of aromatic amines is 1. The van der Waals surface area contributed by atoms with Gasteiger partial charge in [0.05, 0.1) is 10.4 Å². The molecule has 0 amide bonds. The molecule has 0 spiro atoms. The third-order valence-corrected chi connectivity index (χ3v) is 4.23. The van der Waals surface area contributed by atoms with Crippen LogP contribution in [0.5, 0.6) is 5.75 Å². The zero-order valence-corrected chi connectivity index (χ0v) is 14.0. The van der Waals surface area contributed by atoms with E-state index in [1.165, 1.54) is 12.1 Å². The lowest BCUT2D eigenvalue weighted by atomic mass is 10.2. The van der Waals surface area contributed by atoms with Gasteiger partial charge in [0, 0.05) is 10.6 Å². The zero-order chi connectivity index (χ0) is 17.3. The predicted molar refractivity (Wildman–Crippen MR) is 93.3 cm³/mol. The van der Waals surface area contributed by atoms with Gasteiger partial charge < -0.3 is 9.72 Å². The van der Waals surface area contributed by atoms with Crippen LogP contribution >= 0.6 is 23.2 Å². The summed E-state index contributed by atoms with van der Waals surface area (Å²) in [5, 5.41) is 3.76. The van der Waals surface area contributed by atoms with Crippen molar-refractivity contribution in [2.75, 3.05) is 0 Å². The number of nitrogens with one attached hydrogen (secondary N) is 1. The molecule has 3 aromatic rings. The summed E-state index contributed by atoms with van der Waals surface area (Å²) in [6.45, 7) is 1.69. The lowest BCUT2D eigenvalue weighted by molar-refractivity contribution is 0.309. The number of halogens is 2. The highest BCUT2D eigenvalue weighted by atomic mass is 35.5. The molecule has 0 fully saturated rings. The molecule has 0 saturated carbocycles. The Balaban J connectivity index is 2.01. The highest BCUT2D eigenvalue weighted by Gasteiger charge is 2.14. The first-order valence-corrected chi connectivity index (χ1v) is 7.69. The fourth-order valence-corrected chi connectivity index (χ4v) is 2.82. The van der Waals surface area contributed by atoms with Gasteiger partial charge in [-0.05, 0) is 36.4 Å². The van der Waals surface area contributed by atoms with Gasteiger partial charge in [0.25, 0.3) is 5.56 Å². The molecule has 0 aliphatic rings. The maximum Gasteiger partial charge on any atom is 0.258 e. The Bertz CT molecular complexity index is 1000. The molecule has 122 valence electrons. The summed E-state index contributed by atoms with van der Waals surface area (Å²) in [7, 11) is 0. The first-order chi connectivity index (χ1) is 11.5. The molecular formula is C16H11Cl2N3O3. The standard InChI is InChI=1S/C16H11Cl2N3O3/c1-8-19-15-9(16(22)20-8)3-2-4-13(15)24-7-10-11(17)5-6-12(21-23)14(10)18/h2-6H,7H2,1H3,(H,19,20,22). The molecule has 0 atom stereocenters. The first-order valence-electron chi connectivity index (χ1n) is 6.94. The SMILES string of the molecule is Cc1nc2c(OCc3c(Cl)ccc(N=O)c3Cl)cccc2c(=O)[nH]1. The number of hydrogen-bond acceptors (Lipinski definition) is 5. The van der Waals surface area contributed by atoms with Crippen molar-refractivity contribution in [3.63, 3.8) is 0 Å². The van der Waals surface area contributed by atoms with Crippen LogP contribution < -0.4 is 10.3 Å². The molecule has 0 saturated heterocycles.